The van der Waals surface area contributed by atoms with Gasteiger partial charge in [0.15, 0.2) is 0 Å². The summed E-state index contributed by atoms with van der Waals surface area (Å²) < 4.78 is 0. The van der Waals surface area contributed by atoms with E-state index in [2.05, 4.69) is 5.32 Å². The van der Waals surface area contributed by atoms with Gasteiger partial charge < -0.3 is 21.3 Å². The van der Waals surface area contributed by atoms with Gasteiger partial charge in [0.25, 0.3) is 0 Å². The van der Waals surface area contributed by atoms with Gasteiger partial charge in [0.1, 0.15) is 6.10 Å². The molecule has 5 N–H and O–H groups in total. The van der Waals surface area contributed by atoms with Crippen molar-refractivity contribution < 1.29 is 10.2 Å². The molecule has 2 unspecified atom stereocenters. The van der Waals surface area contributed by atoms with E-state index in [1.165, 1.54) is 0 Å². The number of likely N-dealkylation sites (N-methyl/N-ethyl adjacent to an activating group) is 1. The molecule has 1 aromatic rings. The lowest BCUT2D eigenvalue weighted by Gasteiger charge is -2.18. The summed E-state index contributed by atoms with van der Waals surface area (Å²) in [6, 6.07) is 7.51. The molecular formula is C12H20N2O2. The van der Waals surface area contributed by atoms with Gasteiger partial charge in [-0.25, -0.2) is 0 Å². The zero-order valence-corrected chi connectivity index (χ0v) is 9.56. The van der Waals surface area contributed by atoms with Gasteiger partial charge in [0.2, 0.25) is 0 Å². The molecule has 16 heavy (non-hydrogen) atoms. The smallest absolute Gasteiger partial charge is 0.106 e. The normalized spacial score (nSPS) is 14.8. The SMILES string of the molecule is CNCC(O)C(O)c1ccc(CCN)cc1. The molecule has 1 aromatic carbocycles. The molecule has 0 saturated carbocycles. The van der Waals surface area contributed by atoms with E-state index in [0.717, 1.165) is 17.5 Å². The van der Waals surface area contributed by atoms with Crippen LogP contribution in [0.3, 0.4) is 0 Å². The Morgan fingerprint density at radius 1 is 1.25 bits per heavy atom. The summed E-state index contributed by atoms with van der Waals surface area (Å²) in [4.78, 5) is 0. The first-order chi connectivity index (χ1) is 7.69. The Morgan fingerprint density at radius 3 is 2.38 bits per heavy atom. The van der Waals surface area contributed by atoms with Crippen molar-refractivity contribution in [3.05, 3.63) is 35.4 Å². The van der Waals surface area contributed by atoms with Crippen molar-refractivity contribution in [3.63, 3.8) is 0 Å². The van der Waals surface area contributed by atoms with Crippen LogP contribution in [0.2, 0.25) is 0 Å². The Morgan fingerprint density at radius 2 is 1.88 bits per heavy atom. The highest BCUT2D eigenvalue weighted by atomic mass is 16.3. The molecule has 0 aliphatic rings. The maximum absolute atomic E-state index is 9.83. The monoisotopic (exact) mass is 224 g/mol. The zero-order valence-electron chi connectivity index (χ0n) is 9.56. The largest absolute Gasteiger partial charge is 0.389 e. The van der Waals surface area contributed by atoms with Crippen LogP contribution in [0.15, 0.2) is 24.3 Å². The molecule has 1 rings (SSSR count). The highest BCUT2D eigenvalue weighted by molar-refractivity contribution is 5.25. The standard InChI is InChI=1S/C12H20N2O2/c1-14-8-11(15)12(16)10-4-2-9(3-5-10)6-7-13/h2-5,11-12,14-16H,6-8,13H2,1H3. The Labute approximate surface area is 96.1 Å². The summed E-state index contributed by atoms with van der Waals surface area (Å²) in [5.74, 6) is 0. The van der Waals surface area contributed by atoms with E-state index in [1.807, 2.05) is 24.3 Å². The van der Waals surface area contributed by atoms with E-state index in [9.17, 15) is 10.2 Å². The van der Waals surface area contributed by atoms with E-state index in [1.54, 1.807) is 7.05 Å². The van der Waals surface area contributed by atoms with Crippen molar-refractivity contribution in [2.75, 3.05) is 20.1 Å². The predicted molar refractivity (Wildman–Crippen MR) is 64.1 cm³/mol. The lowest BCUT2D eigenvalue weighted by atomic mass is 10.0. The number of nitrogens with one attached hydrogen (secondary N) is 1. The quantitative estimate of drug-likeness (QED) is 0.540. The zero-order chi connectivity index (χ0) is 12.0. The summed E-state index contributed by atoms with van der Waals surface area (Å²) in [6.07, 6.45) is -0.806. The Balaban J connectivity index is 2.65. The van der Waals surface area contributed by atoms with Crippen LogP contribution in [0, 0.1) is 0 Å². The predicted octanol–water partition coefficient (Wildman–Crippen LogP) is -0.198. The highest BCUT2D eigenvalue weighted by Gasteiger charge is 2.16. The van der Waals surface area contributed by atoms with Crippen LogP contribution in [0.1, 0.15) is 17.2 Å². The number of aliphatic hydroxyl groups excluding tert-OH is 2. The van der Waals surface area contributed by atoms with E-state index in [-0.39, 0.29) is 0 Å². The van der Waals surface area contributed by atoms with Gasteiger partial charge in [-0.1, -0.05) is 24.3 Å². The Hall–Kier alpha value is -0.940. The summed E-state index contributed by atoms with van der Waals surface area (Å²) in [5.41, 5.74) is 7.31. The first kappa shape index (κ1) is 13.1. The number of hydrogen-bond donors (Lipinski definition) is 4. The molecule has 0 aliphatic carbocycles. The second kappa shape index (κ2) is 6.60. The summed E-state index contributed by atoms with van der Waals surface area (Å²) >= 11 is 0. The lowest BCUT2D eigenvalue weighted by Crippen LogP contribution is -2.29. The fourth-order valence-electron chi connectivity index (χ4n) is 1.59. The van der Waals surface area contributed by atoms with Gasteiger partial charge in [-0.3, -0.25) is 0 Å². The minimum Gasteiger partial charge on any atom is -0.389 e. The lowest BCUT2D eigenvalue weighted by molar-refractivity contribution is 0.0202. The number of aliphatic hydroxyl groups is 2. The average molecular weight is 224 g/mol. The van der Waals surface area contributed by atoms with Crippen molar-refractivity contribution >= 4 is 0 Å². The van der Waals surface area contributed by atoms with E-state index >= 15 is 0 Å². The van der Waals surface area contributed by atoms with E-state index in [0.29, 0.717) is 13.1 Å². The first-order valence-electron chi connectivity index (χ1n) is 5.48. The average Bonchev–Trinajstić information content (AvgIpc) is 2.30. The van der Waals surface area contributed by atoms with Gasteiger partial charge in [0.05, 0.1) is 6.10 Å². The number of benzene rings is 1. The van der Waals surface area contributed by atoms with Gasteiger partial charge in [-0.15, -0.1) is 0 Å². The summed E-state index contributed by atoms with van der Waals surface area (Å²) in [6.45, 7) is 0.982. The molecule has 0 aliphatic heterocycles. The second-order valence-corrected chi connectivity index (χ2v) is 3.85. The maximum Gasteiger partial charge on any atom is 0.106 e. The molecule has 90 valence electrons. The third kappa shape index (κ3) is 3.57. The Bertz CT molecular complexity index is 300. The molecule has 0 fully saturated rings. The topological polar surface area (TPSA) is 78.5 Å². The Kier molecular flexibility index (Phi) is 5.42. The minimum atomic E-state index is -0.848. The van der Waals surface area contributed by atoms with E-state index in [4.69, 9.17) is 5.73 Å². The van der Waals surface area contributed by atoms with Crippen molar-refractivity contribution in [2.24, 2.45) is 5.73 Å². The van der Waals surface area contributed by atoms with Crippen LogP contribution in [0.25, 0.3) is 0 Å². The number of nitrogens with two attached hydrogens (primary N) is 1. The number of hydrogen-bond acceptors (Lipinski definition) is 4. The van der Waals surface area contributed by atoms with Gasteiger partial charge in [0, 0.05) is 6.54 Å². The molecular weight excluding hydrogens is 204 g/mol. The molecule has 0 spiro atoms. The first-order valence-corrected chi connectivity index (χ1v) is 5.48. The molecule has 4 heteroatoms. The maximum atomic E-state index is 9.83. The molecule has 0 aromatic heterocycles. The fraction of sp³-hybridized carbons (Fsp3) is 0.500. The van der Waals surface area contributed by atoms with Crippen LogP contribution in [-0.4, -0.2) is 36.5 Å². The summed E-state index contributed by atoms with van der Waals surface area (Å²) in [5, 5.41) is 22.3. The van der Waals surface area contributed by atoms with Gasteiger partial charge >= 0.3 is 0 Å². The van der Waals surface area contributed by atoms with Crippen LogP contribution < -0.4 is 11.1 Å². The second-order valence-electron chi connectivity index (χ2n) is 3.85. The molecule has 0 saturated heterocycles. The van der Waals surface area contributed by atoms with Crippen LogP contribution in [0.5, 0.6) is 0 Å². The van der Waals surface area contributed by atoms with Crippen molar-refractivity contribution in [1.82, 2.24) is 5.32 Å². The summed E-state index contributed by atoms with van der Waals surface area (Å²) in [7, 11) is 1.74. The van der Waals surface area contributed by atoms with Crippen molar-refractivity contribution in [2.45, 2.75) is 18.6 Å². The molecule has 0 amide bonds. The minimum absolute atomic E-state index is 0.367. The third-order valence-electron chi connectivity index (χ3n) is 2.53. The van der Waals surface area contributed by atoms with Crippen LogP contribution in [-0.2, 0) is 6.42 Å². The van der Waals surface area contributed by atoms with Crippen molar-refractivity contribution in [3.8, 4) is 0 Å². The molecule has 2 atom stereocenters. The van der Waals surface area contributed by atoms with Gasteiger partial charge in [-0.05, 0) is 31.1 Å². The fourth-order valence-corrected chi connectivity index (χ4v) is 1.59. The highest BCUT2D eigenvalue weighted by Crippen LogP contribution is 2.17. The van der Waals surface area contributed by atoms with Crippen molar-refractivity contribution in [1.29, 1.82) is 0 Å². The van der Waals surface area contributed by atoms with E-state index < -0.39 is 12.2 Å². The van der Waals surface area contributed by atoms with Crippen LogP contribution >= 0.6 is 0 Å². The third-order valence-corrected chi connectivity index (χ3v) is 2.53. The van der Waals surface area contributed by atoms with Gasteiger partial charge in [-0.2, -0.15) is 0 Å². The molecule has 4 nitrogen and oxygen atoms in total. The number of rotatable bonds is 6. The molecule has 0 heterocycles. The molecule has 0 radical (unpaired) electrons. The van der Waals surface area contributed by atoms with Crippen LogP contribution in [0.4, 0.5) is 0 Å². The molecule has 0 bridgehead atoms.